The van der Waals surface area contributed by atoms with Gasteiger partial charge in [-0.1, -0.05) is 17.7 Å². The molecule has 4 aliphatic rings. The molecule has 4 saturated heterocycles. The molecule has 4 aromatic rings. The minimum atomic E-state index is -0.378. The number of likely N-dealkylation sites (tertiary alicyclic amines) is 1. The van der Waals surface area contributed by atoms with Crippen molar-refractivity contribution in [3.8, 4) is 6.07 Å². The molecule has 15 heteroatoms. The zero-order chi connectivity index (χ0) is 38.1. The number of benzene rings is 2. The Balaban J connectivity index is 0.778. The Hall–Kier alpha value is -5.39. The molecule has 0 radical (unpaired) electrons. The normalized spacial score (nSPS) is 20.5. The number of fused-ring (bicyclic) bond motifs is 1. The molecule has 8 rings (SSSR count). The lowest BCUT2D eigenvalue weighted by Crippen LogP contribution is -2.54. The molecule has 2 aromatic heterocycles. The van der Waals surface area contributed by atoms with E-state index >= 15 is 0 Å². The number of carbonyl (C=O) groups is 3. The van der Waals surface area contributed by atoms with Crippen molar-refractivity contribution in [3.05, 3.63) is 71.5 Å². The van der Waals surface area contributed by atoms with Gasteiger partial charge in [0.2, 0.25) is 5.91 Å². The van der Waals surface area contributed by atoms with E-state index in [4.69, 9.17) is 21.7 Å². The first-order valence-corrected chi connectivity index (χ1v) is 19.6. The highest BCUT2D eigenvalue weighted by Gasteiger charge is 2.30. The van der Waals surface area contributed by atoms with E-state index in [0.29, 0.717) is 60.8 Å². The van der Waals surface area contributed by atoms with E-state index in [-0.39, 0.29) is 24.0 Å². The summed E-state index contributed by atoms with van der Waals surface area (Å²) in [5.41, 5.74) is 3.89. The van der Waals surface area contributed by atoms with Crippen molar-refractivity contribution < 1.29 is 14.4 Å². The Bertz CT molecular complexity index is 2100. The third kappa shape index (κ3) is 7.77. The molecule has 6 heterocycles. The molecule has 55 heavy (non-hydrogen) atoms. The second kappa shape index (κ2) is 15.8. The van der Waals surface area contributed by atoms with Crippen LogP contribution in [0, 0.1) is 17.2 Å². The van der Waals surface area contributed by atoms with Crippen LogP contribution in [0.4, 0.5) is 32.5 Å². The zero-order valence-electron chi connectivity index (χ0n) is 31.0. The van der Waals surface area contributed by atoms with E-state index in [2.05, 4.69) is 49.1 Å². The number of hydrogen-bond acceptors (Lipinski definition) is 9. The van der Waals surface area contributed by atoms with Crippen molar-refractivity contribution in [1.82, 2.24) is 29.9 Å². The van der Waals surface area contributed by atoms with Crippen LogP contribution in [0.5, 0.6) is 0 Å². The van der Waals surface area contributed by atoms with Gasteiger partial charge in [-0.05, 0) is 81.0 Å². The van der Waals surface area contributed by atoms with Gasteiger partial charge in [-0.15, -0.1) is 0 Å². The summed E-state index contributed by atoms with van der Waals surface area (Å²) in [5.74, 6) is 1.34. The summed E-state index contributed by atoms with van der Waals surface area (Å²) in [4.78, 5) is 52.7. The van der Waals surface area contributed by atoms with Crippen LogP contribution >= 0.6 is 11.6 Å². The average molecular weight is 764 g/mol. The average Bonchev–Trinajstić information content (AvgIpc) is 3.64. The molecule has 2 aromatic carbocycles. The predicted octanol–water partition coefficient (Wildman–Crippen LogP) is 5.70. The highest BCUT2D eigenvalue weighted by Crippen LogP contribution is 2.33. The monoisotopic (exact) mass is 763 g/mol. The van der Waals surface area contributed by atoms with Crippen molar-refractivity contribution in [3.63, 3.8) is 0 Å². The molecule has 0 spiro atoms. The molecule has 286 valence electrons. The fraction of sp³-hybridized carbons (Fsp3) is 0.450. The molecular weight excluding hydrogens is 718 g/mol. The number of piperazine rings is 1. The van der Waals surface area contributed by atoms with Gasteiger partial charge < -0.3 is 24.9 Å². The van der Waals surface area contributed by atoms with Gasteiger partial charge in [0.25, 0.3) is 0 Å². The zero-order valence-corrected chi connectivity index (χ0v) is 31.8. The summed E-state index contributed by atoms with van der Waals surface area (Å²) < 4.78 is 2.13. The number of piperidine rings is 2. The Morgan fingerprint density at radius 1 is 0.982 bits per heavy atom. The van der Waals surface area contributed by atoms with Crippen LogP contribution in [0.3, 0.4) is 0 Å². The van der Waals surface area contributed by atoms with Crippen LogP contribution in [-0.2, 0) is 4.79 Å². The second-order valence-corrected chi connectivity index (χ2v) is 15.5. The molecule has 0 bridgehead atoms. The Labute approximate surface area is 325 Å². The summed E-state index contributed by atoms with van der Waals surface area (Å²) in [5, 5.41) is 20.8. The predicted molar refractivity (Wildman–Crippen MR) is 213 cm³/mol. The molecule has 14 nitrogen and oxygen atoms in total. The SMILES string of the molecule is CC1CN(C(=O)Nc2ccc(N3CCC(CN4CCC(n5ncc6c(N7CCC(=O)NC7=O)cccc65)CC4)CC3)nc2)CCN1c1ccc(C#N)c(Cl)c1. The number of carbonyl (C=O) groups excluding carboxylic acids is 3. The molecule has 4 aliphatic heterocycles. The number of urea groups is 2. The van der Waals surface area contributed by atoms with Crippen LogP contribution in [0.15, 0.2) is 60.9 Å². The molecular formula is C40H46ClN11O3. The maximum Gasteiger partial charge on any atom is 0.328 e. The van der Waals surface area contributed by atoms with Gasteiger partial charge in [-0.3, -0.25) is 19.7 Å². The summed E-state index contributed by atoms with van der Waals surface area (Å²) >= 11 is 6.27. The van der Waals surface area contributed by atoms with Crippen LogP contribution < -0.4 is 25.3 Å². The van der Waals surface area contributed by atoms with E-state index in [9.17, 15) is 19.6 Å². The molecule has 2 N–H and O–H groups in total. The van der Waals surface area contributed by atoms with Crippen LogP contribution in [-0.4, -0.2) is 107 Å². The number of imide groups is 1. The number of nitrogens with one attached hydrogen (secondary N) is 2. The van der Waals surface area contributed by atoms with Crippen molar-refractivity contribution in [2.24, 2.45) is 5.92 Å². The van der Waals surface area contributed by atoms with Crippen molar-refractivity contribution in [1.29, 1.82) is 5.26 Å². The summed E-state index contributed by atoms with van der Waals surface area (Å²) in [6.07, 6.45) is 8.16. The first kappa shape index (κ1) is 36.6. The molecule has 5 amide bonds. The number of rotatable bonds is 7. The lowest BCUT2D eigenvalue weighted by molar-refractivity contribution is -0.120. The minimum Gasteiger partial charge on any atom is -0.365 e. The molecule has 1 unspecified atom stereocenters. The number of nitrogens with zero attached hydrogens (tertiary/aromatic N) is 9. The number of amides is 5. The fourth-order valence-corrected chi connectivity index (χ4v) is 8.80. The van der Waals surface area contributed by atoms with E-state index < -0.39 is 0 Å². The first-order chi connectivity index (χ1) is 26.7. The second-order valence-electron chi connectivity index (χ2n) is 15.1. The molecule has 4 fully saturated rings. The summed E-state index contributed by atoms with van der Waals surface area (Å²) in [7, 11) is 0. The van der Waals surface area contributed by atoms with Gasteiger partial charge in [-0.25, -0.2) is 14.6 Å². The van der Waals surface area contributed by atoms with E-state index in [1.165, 1.54) is 0 Å². The highest BCUT2D eigenvalue weighted by atomic mass is 35.5. The third-order valence-corrected chi connectivity index (χ3v) is 12.0. The first-order valence-electron chi connectivity index (χ1n) is 19.3. The van der Waals surface area contributed by atoms with Crippen LogP contribution in [0.2, 0.25) is 5.02 Å². The van der Waals surface area contributed by atoms with Gasteiger partial charge in [0, 0.05) is 82.4 Å². The van der Waals surface area contributed by atoms with Gasteiger partial charge in [0.15, 0.2) is 0 Å². The summed E-state index contributed by atoms with van der Waals surface area (Å²) in [6.45, 7) is 9.32. The quantitative estimate of drug-likeness (QED) is 0.242. The maximum absolute atomic E-state index is 13.2. The van der Waals surface area contributed by atoms with E-state index in [1.54, 1.807) is 17.2 Å². The Morgan fingerprint density at radius 3 is 2.51 bits per heavy atom. The molecule has 1 atom stereocenters. The van der Waals surface area contributed by atoms with Gasteiger partial charge in [-0.2, -0.15) is 10.4 Å². The Kier molecular flexibility index (Phi) is 10.5. The standard InChI is InChI=1S/C40H46ClN11O3/c1-27-25-49(19-20-50(27)32-7-5-29(22-42)34(41)21-32)39(54)45-30-6-8-37(43-23-30)48-16-9-28(10-17-48)26-47-14-11-31(12-15-47)52-36-4-2-3-35(33(36)24-44-52)51-18-13-38(53)46-40(51)55/h2-8,21,23-24,27-28,31H,9-20,25-26H2,1H3,(H,45,54)(H,46,53,55). The number of hydrogen-bond donors (Lipinski definition) is 2. The lowest BCUT2D eigenvalue weighted by atomic mass is 9.94. The van der Waals surface area contributed by atoms with E-state index in [0.717, 1.165) is 86.5 Å². The highest BCUT2D eigenvalue weighted by molar-refractivity contribution is 6.32. The number of aromatic nitrogens is 3. The van der Waals surface area contributed by atoms with Crippen molar-refractivity contribution in [2.75, 3.05) is 78.9 Å². The maximum atomic E-state index is 13.2. The number of nitriles is 1. The largest absolute Gasteiger partial charge is 0.365 e. The number of pyridine rings is 1. The third-order valence-electron chi connectivity index (χ3n) is 11.6. The van der Waals surface area contributed by atoms with Crippen LogP contribution in [0.25, 0.3) is 10.9 Å². The summed E-state index contributed by atoms with van der Waals surface area (Å²) in [6, 6.07) is 17.3. The van der Waals surface area contributed by atoms with Crippen LogP contribution in [0.1, 0.15) is 50.6 Å². The fourth-order valence-electron chi connectivity index (χ4n) is 8.58. The lowest BCUT2D eigenvalue weighted by Gasteiger charge is -2.41. The van der Waals surface area contributed by atoms with Gasteiger partial charge in [0.05, 0.1) is 45.9 Å². The van der Waals surface area contributed by atoms with Crippen molar-refractivity contribution in [2.45, 2.75) is 51.1 Å². The minimum absolute atomic E-state index is 0.0870. The van der Waals surface area contributed by atoms with Gasteiger partial charge >= 0.3 is 12.1 Å². The smallest absolute Gasteiger partial charge is 0.328 e. The number of anilines is 4. The molecule has 0 saturated carbocycles. The van der Waals surface area contributed by atoms with Crippen molar-refractivity contribution >= 4 is 63.4 Å². The van der Waals surface area contributed by atoms with Gasteiger partial charge in [0.1, 0.15) is 11.9 Å². The number of halogens is 1. The Morgan fingerprint density at radius 2 is 1.80 bits per heavy atom. The molecule has 0 aliphatic carbocycles. The van der Waals surface area contributed by atoms with E-state index in [1.807, 2.05) is 47.5 Å². The topological polar surface area (TPSA) is 146 Å².